The molecule has 0 fully saturated rings. The topological polar surface area (TPSA) is 0 Å². The van der Waals surface area contributed by atoms with Crippen molar-refractivity contribution in [1.82, 2.24) is 0 Å². The Balaban J connectivity index is 1.79. The summed E-state index contributed by atoms with van der Waals surface area (Å²) >= 11 is 8.13. The van der Waals surface area contributed by atoms with Crippen molar-refractivity contribution in [3.63, 3.8) is 0 Å². The van der Waals surface area contributed by atoms with E-state index in [0.29, 0.717) is 0 Å². The van der Waals surface area contributed by atoms with Crippen molar-refractivity contribution in [3.8, 4) is 43.1 Å². The minimum Gasteiger partial charge on any atom is -0.134 e. The summed E-state index contributed by atoms with van der Waals surface area (Å²) in [6, 6.07) is 37.1. The molecule has 0 N–H and O–H groups in total. The number of rotatable bonds is 7. The molecular formula is C33H29ClS. The normalized spacial score (nSPS) is 11.1. The first kappa shape index (κ1) is 23.6. The average molecular weight is 493 g/mol. The van der Waals surface area contributed by atoms with Gasteiger partial charge in [0.25, 0.3) is 0 Å². The lowest BCUT2D eigenvalue weighted by Gasteiger charge is -2.12. The zero-order chi connectivity index (χ0) is 24.2. The first-order valence-corrected chi connectivity index (χ1v) is 13.5. The van der Waals surface area contributed by atoms with E-state index in [1.807, 2.05) is 23.5 Å². The van der Waals surface area contributed by atoms with Gasteiger partial charge in [-0.2, -0.15) is 0 Å². The predicted molar refractivity (Wildman–Crippen MR) is 154 cm³/mol. The molecule has 0 aliphatic heterocycles. The third-order valence-corrected chi connectivity index (χ3v) is 7.96. The molecule has 0 unspecified atom stereocenters. The Kier molecular flexibility index (Phi) is 7.18. The molecule has 0 aliphatic carbocycles. The summed E-state index contributed by atoms with van der Waals surface area (Å²) in [7, 11) is 0. The fourth-order valence-electron chi connectivity index (χ4n) is 4.60. The minimum absolute atomic E-state index is 0.758. The van der Waals surface area contributed by atoms with E-state index in [9.17, 15) is 0 Å². The largest absolute Gasteiger partial charge is 0.134 e. The second-order valence-electron chi connectivity index (χ2n) is 9.05. The highest BCUT2D eigenvalue weighted by Crippen LogP contribution is 2.52. The Morgan fingerprint density at radius 3 is 1.89 bits per heavy atom. The molecule has 5 rings (SSSR count). The summed E-state index contributed by atoms with van der Waals surface area (Å²) < 4.78 is 0. The van der Waals surface area contributed by atoms with E-state index in [2.05, 4.69) is 105 Å². The molecule has 1 heterocycles. The Morgan fingerprint density at radius 2 is 1.23 bits per heavy atom. The molecule has 5 aromatic rings. The van der Waals surface area contributed by atoms with Gasteiger partial charge >= 0.3 is 0 Å². The van der Waals surface area contributed by atoms with Crippen LogP contribution in [0.15, 0.2) is 103 Å². The summed E-state index contributed by atoms with van der Waals surface area (Å²) in [6.07, 6.45) is 3.57. The van der Waals surface area contributed by atoms with Gasteiger partial charge in [0, 0.05) is 25.9 Å². The molecule has 0 saturated carbocycles. The highest BCUT2D eigenvalue weighted by Gasteiger charge is 2.23. The monoisotopic (exact) mass is 492 g/mol. The lowest BCUT2D eigenvalue weighted by molar-refractivity contribution is 0.795. The van der Waals surface area contributed by atoms with Crippen LogP contribution in [0.5, 0.6) is 0 Å². The van der Waals surface area contributed by atoms with Crippen LogP contribution in [0.2, 0.25) is 5.02 Å². The van der Waals surface area contributed by atoms with Crippen molar-refractivity contribution in [3.05, 3.63) is 119 Å². The van der Waals surface area contributed by atoms with Crippen molar-refractivity contribution in [2.75, 3.05) is 0 Å². The summed E-state index contributed by atoms with van der Waals surface area (Å²) in [6.45, 7) is 4.41. The lowest BCUT2D eigenvalue weighted by Crippen LogP contribution is -1.88. The Labute approximate surface area is 217 Å². The van der Waals surface area contributed by atoms with Crippen molar-refractivity contribution in [2.24, 2.45) is 0 Å². The number of hydrogen-bond donors (Lipinski definition) is 0. The smallest absolute Gasteiger partial charge is 0.0434 e. The molecule has 0 aliphatic rings. The fourth-order valence-corrected chi connectivity index (χ4v) is 6.07. The maximum absolute atomic E-state index is 6.26. The lowest BCUT2D eigenvalue weighted by atomic mass is 9.90. The van der Waals surface area contributed by atoms with Crippen LogP contribution in [0.4, 0.5) is 0 Å². The Morgan fingerprint density at radius 1 is 0.629 bits per heavy atom. The summed E-state index contributed by atoms with van der Waals surface area (Å²) in [4.78, 5) is 2.58. The number of aryl methyl sites for hydroxylation is 2. The molecule has 0 radical (unpaired) electrons. The molecule has 0 spiro atoms. The van der Waals surface area contributed by atoms with Gasteiger partial charge in [0.05, 0.1) is 0 Å². The van der Waals surface area contributed by atoms with Crippen LogP contribution in [0, 0.1) is 6.92 Å². The van der Waals surface area contributed by atoms with Crippen LogP contribution in [0.1, 0.15) is 30.9 Å². The van der Waals surface area contributed by atoms with Crippen molar-refractivity contribution in [2.45, 2.75) is 33.1 Å². The van der Waals surface area contributed by atoms with Crippen molar-refractivity contribution < 1.29 is 0 Å². The van der Waals surface area contributed by atoms with E-state index in [4.69, 9.17) is 11.6 Å². The summed E-state index contributed by atoms with van der Waals surface area (Å²) in [5.41, 5.74) is 10.2. The van der Waals surface area contributed by atoms with Crippen LogP contribution in [-0.4, -0.2) is 0 Å². The summed E-state index contributed by atoms with van der Waals surface area (Å²) in [5, 5.41) is 0.758. The molecule has 2 heteroatoms. The number of hydrogen-bond acceptors (Lipinski definition) is 1. The highest BCUT2D eigenvalue weighted by molar-refractivity contribution is 7.20. The maximum atomic E-state index is 6.26. The number of unbranched alkanes of at least 4 members (excludes halogenated alkanes) is 1. The van der Waals surface area contributed by atoms with Gasteiger partial charge in [-0.05, 0) is 59.7 Å². The molecule has 1 aromatic heterocycles. The van der Waals surface area contributed by atoms with Gasteiger partial charge < -0.3 is 0 Å². The van der Waals surface area contributed by atoms with Crippen molar-refractivity contribution in [1.29, 1.82) is 0 Å². The molecule has 174 valence electrons. The third kappa shape index (κ3) is 5.12. The molecular weight excluding hydrogens is 464 g/mol. The molecule has 0 bridgehead atoms. The van der Waals surface area contributed by atoms with Crippen LogP contribution in [0.25, 0.3) is 43.1 Å². The van der Waals surface area contributed by atoms with Gasteiger partial charge in [-0.1, -0.05) is 122 Å². The molecule has 4 aromatic carbocycles. The van der Waals surface area contributed by atoms with Gasteiger partial charge in [-0.3, -0.25) is 0 Å². The standard InChI is InChI=1S/C33H29ClS/c1-3-4-10-24-14-16-26(17-15-24)31-30(25-11-6-5-7-12-25)32(27-18-20-29(34)21-19-27)35-33(31)28-13-8-9-23(2)22-28/h5-9,11-22H,3-4,10H2,1-2H3. The minimum atomic E-state index is 0.758. The van der Waals surface area contributed by atoms with E-state index in [-0.39, 0.29) is 0 Å². The predicted octanol–water partition coefficient (Wildman–Crippen LogP) is 10.7. The first-order chi connectivity index (χ1) is 17.1. The zero-order valence-electron chi connectivity index (χ0n) is 20.2. The van der Waals surface area contributed by atoms with Gasteiger partial charge in [0.15, 0.2) is 0 Å². The molecule has 35 heavy (non-hydrogen) atoms. The van der Waals surface area contributed by atoms with Crippen LogP contribution in [0.3, 0.4) is 0 Å². The van der Waals surface area contributed by atoms with Gasteiger partial charge in [-0.15, -0.1) is 11.3 Å². The van der Waals surface area contributed by atoms with Crippen LogP contribution >= 0.6 is 22.9 Å². The van der Waals surface area contributed by atoms with E-state index in [1.165, 1.54) is 67.1 Å². The van der Waals surface area contributed by atoms with Gasteiger partial charge in [0.1, 0.15) is 0 Å². The van der Waals surface area contributed by atoms with E-state index in [0.717, 1.165) is 11.4 Å². The van der Waals surface area contributed by atoms with E-state index in [1.54, 1.807) is 0 Å². The molecule has 0 nitrogen and oxygen atoms in total. The van der Waals surface area contributed by atoms with Crippen LogP contribution in [-0.2, 0) is 6.42 Å². The molecule has 0 saturated heterocycles. The highest BCUT2D eigenvalue weighted by atomic mass is 35.5. The fraction of sp³-hybridized carbons (Fsp3) is 0.152. The first-order valence-electron chi connectivity index (χ1n) is 12.3. The van der Waals surface area contributed by atoms with Crippen molar-refractivity contribution >= 4 is 22.9 Å². The Bertz CT molecular complexity index is 1410. The number of benzene rings is 4. The molecule has 0 amide bonds. The second-order valence-corrected chi connectivity index (χ2v) is 10.5. The SMILES string of the molecule is CCCCc1ccc(-c2c(-c3cccc(C)c3)sc(-c3ccc(Cl)cc3)c2-c2ccccc2)cc1. The zero-order valence-corrected chi connectivity index (χ0v) is 21.8. The number of halogens is 1. The quantitative estimate of drug-likeness (QED) is 0.212. The van der Waals surface area contributed by atoms with E-state index >= 15 is 0 Å². The van der Waals surface area contributed by atoms with Gasteiger partial charge in [0.2, 0.25) is 0 Å². The number of thiophene rings is 1. The van der Waals surface area contributed by atoms with Gasteiger partial charge in [-0.25, -0.2) is 0 Å². The average Bonchev–Trinajstić information content (AvgIpc) is 3.29. The second kappa shape index (κ2) is 10.6. The third-order valence-electron chi connectivity index (χ3n) is 6.42. The molecule has 0 atom stereocenters. The van der Waals surface area contributed by atoms with Crippen LogP contribution < -0.4 is 0 Å². The maximum Gasteiger partial charge on any atom is 0.0434 e. The van der Waals surface area contributed by atoms with E-state index < -0.39 is 0 Å². The Hall–Kier alpha value is -3.13. The summed E-state index contributed by atoms with van der Waals surface area (Å²) in [5.74, 6) is 0.